The molecule has 1 aliphatic carbocycles. The molecule has 6 rings (SSSR count). The van der Waals surface area contributed by atoms with Gasteiger partial charge in [-0.1, -0.05) is 12.1 Å². The van der Waals surface area contributed by atoms with Gasteiger partial charge in [-0.2, -0.15) is 0 Å². The average Bonchev–Trinajstić information content (AvgIpc) is 3.78. The lowest BCUT2D eigenvalue weighted by atomic mass is 9.88. The minimum absolute atomic E-state index is 0.0116. The van der Waals surface area contributed by atoms with Gasteiger partial charge >= 0.3 is 0 Å². The summed E-state index contributed by atoms with van der Waals surface area (Å²) in [6.07, 6.45) is 7.30. The van der Waals surface area contributed by atoms with E-state index in [9.17, 15) is 4.79 Å². The highest BCUT2D eigenvalue weighted by atomic mass is 16.5. The number of amides is 1. The zero-order chi connectivity index (χ0) is 28.0. The fourth-order valence-corrected chi connectivity index (χ4v) is 6.30. The molecule has 2 fully saturated rings. The summed E-state index contributed by atoms with van der Waals surface area (Å²) < 4.78 is 11.7. The lowest BCUT2D eigenvalue weighted by Gasteiger charge is -2.33. The number of carbonyl (C=O) groups is 1. The summed E-state index contributed by atoms with van der Waals surface area (Å²) in [6, 6.07) is 10.9. The van der Waals surface area contributed by atoms with E-state index in [0.29, 0.717) is 18.3 Å². The number of rotatable bonds is 7. The monoisotopic (exact) mass is 540 g/mol. The van der Waals surface area contributed by atoms with Gasteiger partial charge in [0.05, 0.1) is 18.5 Å². The van der Waals surface area contributed by atoms with Gasteiger partial charge in [-0.05, 0) is 119 Å². The Morgan fingerprint density at radius 2 is 1.80 bits per heavy atom. The maximum atomic E-state index is 12.8. The Morgan fingerprint density at radius 1 is 1.05 bits per heavy atom. The van der Waals surface area contributed by atoms with E-state index < -0.39 is 0 Å². The number of aromatic nitrogens is 2. The third-order valence-corrected chi connectivity index (χ3v) is 8.62. The second-order valence-corrected chi connectivity index (χ2v) is 12.0. The van der Waals surface area contributed by atoms with Gasteiger partial charge in [0, 0.05) is 24.2 Å². The summed E-state index contributed by atoms with van der Waals surface area (Å²) in [4.78, 5) is 27.0. The zero-order valence-corrected chi connectivity index (χ0v) is 24.4. The van der Waals surface area contributed by atoms with Crippen LogP contribution in [-0.2, 0) is 11.2 Å². The van der Waals surface area contributed by atoms with Gasteiger partial charge in [0.1, 0.15) is 17.3 Å². The normalized spacial score (nSPS) is 18.1. The van der Waals surface area contributed by atoms with E-state index >= 15 is 0 Å². The van der Waals surface area contributed by atoms with Crippen LogP contribution in [0.1, 0.15) is 79.4 Å². The third kappa shape index (κ3) is 5.19. The molecule has 0 spiro atoms. The number of carbonyl (C=O) groups excluding carboxylic acids is 1. The Hall–Kier alpha value is -3.45. The van der Waals surface area contributed by atoms with Crippen LogP contribution in [0.3, 0.4) is 0 Å². The first-order valence-electron chi connectivity index (χ1n) is 14.6. The van der Waals surface area contributed by atoms with Crippen LogP contribution in [-0.4, -0.2) is 60.7 Å². The molecular formula is C33H40N4O3. The molecule has 7 heteroatoms. The Labute approximate surface area is 237 Å². The molecule has 2 aromatic carbocycles. The maximum absolute atomic E-state index is 12.8. The van der Waals surface area contributed by atoms with Crippen LogP contribution in [0.5, 0.6) is 11.5 Å². The Bertz CT molecular complexity index is 1420. The molecule has 1 aromatic heterocycles. The van der Waals surface area contributed by atoms with Crippen molar-refractivity contribution in [2.45, 2.75) is 70.8 Å². The van der Waals surface area contributed by atoms with Crippen molar-refractivity contribution in [1.29, 1.82) is 0 Å². The number of nitrogens with zero attached hydrogens (tertiary/aromatic N) is 4. The van der Waals surface area contributed by atoms with Gasteiger partial charge in [-0.25, -0.2) is 9.97 Å². The summed E-state index contributed by atoms with van der Waals surface area (Å²) in [5.41, 5.74) is 7.47. The minimum Gasteiger partial charge on any atom is -0.496 e. The molecule has 2 aliphatic heterocycles. The predicted molar refractivity (Wildman–Crippen MR) is 158 cm³/mol. The lowest BCUT2D eigenvalue weighted by molar-refractivity contribution is -0.121. The highest BCUT2D eigenvalue weighted by Gasteiger charge is 2.32. The fraction of sp³-hybridized carbons (Fsp3) is 0.485. The molecule has 40 heavy (non-hydrogen) atoms. The number of ether oxygens (including phenoxy) is 2. The molecule has 0 N–H and O–H groups in total. The van der Waals surface area contributed by atoms with Gasteiger partial charge in [0.15, 0.2) is 6.61 Å². The molecule has 0 atom stereocenters. The number of methoxy groups -OCH3 is 1. The maximum Gasteiger partial charge on any atom is 0.265 e. The Kier molecular flexibility index (Phi) is 7.26. The molecule has 1 amide bonds. The van der Waals surface area contributed by atoms with Gasteiger partial charge in [0.25, 0.3) is 5.91 Å². The number of piperidine rings is 1. The number of fused-ring (bicyclic) bond motifs is 1. The van der Waals surface area contributed by atoms with Crippen molar-refractivity contribution >= 4 is 11.6 Å². The van der Waals surface area contributed by atoms with E-state index in [4.69, 9.17) is 19.4 Å². The molecular weight excluding hydrogens is 500 g/mol. The van der Waals surface area contributed by atoms with Crippen LogP contribution in [0.2, 0.25) is 0 Å². The van der Waals surface area contributed by atoms with Gasteiger partial charge in [-0.3, -0.25) is 4.79 Å². The topological polar surface area (TPSA) is 67.8 Å². The summed E-state index contributed by atoms with van der Waals surface area (Å²) in [6.45, 7) is 8.46. The molecule has 0 radical (unpaired) electrons. The number of hydrogen-bond donors (Lipinski definition) is 0. The molecule has 3 heterocycles. The smallest absolute Gasteiger partial charge is 0.265 e. The minimum atomic E-state index is -0.0116. The first-order valence-corrected chi connectivity index (χ1v) is 14.6. The van der Waals surface area contributed by atoms with Gasteiger partial charge in [0.2, 0.25) is 0 Å². The van der Waals surface area contributed by atoms with Crippen molar-refractivity contribution in [1.82, 2.24) is 14.9 Å². The van der Waals surface area contributed by atoms with Crippen molar-refractivity contribution in [2.75, 3.05) is 38.8 Å². The van der Waals surface area contributed by atoms with Crippen LogP contribution < -0.4 is 14.4 Å². The van der Waals surface area contributed by atoms with Gasteiger partial charge < -0.3 is 19.3 Å². The summed E-state index contributed by atoms with van der Waals surface area (Å²) >= 11 is 0. The van der Waals surface area contributed by atoms with Crippen molar-refractivity contribution in [3.63, 3.8) is 0 Å². The number of benzene rings is 2. The summed E-state index contributed by atoms with van der Waals surface area (Å²) in [5, 5.41) is 0. The summed E-state index contributed by atoms with van der Waals surface area (Å²) in [5.74, 6) is 3.56. The quantitative estimate of drug-likeness (QED) is 0.373. The third-order valence-electron chi connectivity index (χ3n) is 8.62. The number of aryl methyl sites for hydroxylation is 1. The van der Waals surface area contributed by atoms with E-state index in [-0.39, 0.29) is 18.6 Å². The van der Waals surface area contributed by atoms with E-state index in [0.717, 1.165) is 84.2 Å². The highest BCUT2D eigenvalue weighted by Crippen LogP contribution is 2.46. The van der Waals surface area contributed by atoms with E-state index in [1.807, 2.05) is 31.9 Å². The highest BCUT2D eigenvalue weighted by molar-refractivity contribution is 5.99. The molecule has 1 saturated carbocycles. The van der Waals surface area contributed by atoms with Crippen molar-refractivity contribution in [2.24, 2.45) is 0 Å². The van der Waals surface area contributed by atoms with Crippen molar-refractivity contribution in [3.8, 4) is 22.8 Å². The first-order chi connectivity index (χ1) is 19.3. The molecule has 0 bridgehead atoms. The number of anilines is 1. The molecule has 1 saturated heterocycles. The first kappa shape index (κ1) is 26.8. The number of hydrogen-bond acceptors (Lipinski definition) is 6. The van der Waals surface area contributed by atoms with Crippen LogP contribution in [0.15, 0.2) is 36.5 Å². The molecule has 3 aromatic rings. The number of likely N-dealkylation sites (tertiary alicyclic amines) is 1. The SMILES string of the molecule is COc1cc(Cc2ncc(C3CC3)c(-c3cc(C)c4c(c3)N(C(C)C)C(=O)CO4)n2)ccc1C1CCN(C)CC1. The molecule has 0 unspecified atom stereocenters. The summed E-state index contributed by atoms with van der Waals surface area (Å²) in [7, 11) is 3.96. The van der Waals surface area contributed by atoms with Crippen LogP contribution in [0.4, 0.5) is 5.69 Å². The Balaban J connectivity index is 1.34. The molecule has 210 valence electrons. The van der Waals surface area contributed by atoms with E-state index in [2.05, 4.69) is 42.3 Å². The Morgan fingerprint density at radius 3 is 2.50 bits per heavy atom. The largest absolute Gasteiger partial charge is 0.496 e. The van der Waals surface area contributed by atoms with Crippen molar-refractivity contribution < 1.29 is 14.3 Å². The van der Waals surface area contributed by atoms with Crippen LogP contribution in [0, 0.1) is 6.92 Å². The van der Waals surface area contributed by atoms with Crippen LogP contribution in [0.25, 0.3) is 11.3 Å². The van der Waals surface area contributed by atoms with E-state index in [1.165, 1.54) is 11.1 Å². The van der Waals surface area contributed by atoms with E-state index in [1.54, 1.807) is 7.11 Å². The van der Waals surface area contributed by atoms with Crippen molar-refractivity contribution in [3.05, 3.63) is 64.6 Å². The second-order valence-electron chi connectivity index (χ2n) is 12.0. The van der Waals surface area contributed by atoms with Crippen LogP contribution >= 0.6 is 0 Å². The second kappa shape index (κ2) is 10.8. The standard InChI is InChI=1S/C33H40N4O3/c1-20(2)37-28-17-25(14-21(3)33(28)40-19-31(37)38)32-27(23-7-8-23)18-34-30(35-32)16-22-6-9-26(29(15-22)39-5)24-10-12-36(4)13-11-24/h6,9,14-15,17-18,20,23-24H,7-8,10-13,16,19H2,1-5H3. The average molecular weight is 541 g/mol. The molecule has 7 nitrogen and oxygen atoms in total. The molecule has 3 aliphatic rings. The zero-order valence-electron chi connectivity index (χ0n) is 24.4. The lowest BCUT2D eigenvalue weighted by Crippen LogP contribution is -2.43. The predicted octanol–water partition coefficient (Wildman–Crippen LogP) is 5.87. The van der Waals surface area contributed by atoms with Gasteiger partial charge in [-0.15, -0.1) is 0 Å². The fourth-order valence-electron chi connectivity index (χ4n) is 6.30.